The second kappa shape index (κ2) is 8.78. The van der Waals surface area contributed by atoms with Gasteiger partial charge in [0.25, 0.3) is 0 Å². The molecule has 8 nitrogen and oxygen atoms in total. The van der Waals surface area contributed by atoms with Crippen molar-refractivity contribution in [3.8, 4) is 11.4 Å². The molecular weight excluding hydrogens is 431 g/mol. The fourth-order valence-electron chi connectivity index (χ4n) is 4.17. The summed E-state index contributed by atoms with van der Waals surface area (Å²) in [5, 5.41) is 13.6. The van der Waals surface area contributed by atoms with Gasteiger partial charge in [-0.25, -0.2) is 9.37 Å². The summed E-state index contributed by atoms with van der Waals surface area (Å²) in [5.74, 6) is 0.811. The number of benzene rings is 1. The first kappa shape index (κ1) is 20.7. The van der Waals surface area contributed by atoms with E-state index in [0.29, 0.717) is 35.2 Å². The highest BCUT2D eigenvalue weighted by atomic mass is 32.1. The molecule has 10 heteroatoms. The molecule has 1 N–H and O–H groups in total. The number of anilines is 2. The van der Waals surface area contributed by atoms with Gasteiger partial charge in [0.15, 0.2) is 11.0 Å². The Morgan fingerprint density at radius 2 is 2.03 bits per heavy atom. The first-order valence-electron chi connectivity index (χ1n) is 10.8. The second-order valence-electron chi connectivity index (χ2n) is 8.09. The van der Waals surface area contributed by atoms with Gasteiger partial charge in [0.2, 0.25) is 11.8 Å². The summed E-state index contributed by atoms with van der Waals surface area (Å²) in [6.07, 6.45) is 5.53. The number of aromatic nitrogens is 4. The average Bonchev–Trinajstić information content (AvgIpc) is 3.46. The van der Waals surface area contributed by atoms with E-state index in [1.165, 1.54) is 17.4 Å². The smallest absolute Gasteiger partial charge is 0.230 e. The molecule has 1 aromatic carbocycles. The summed E-state index contributed by atoms with van der Waals surface area (Å²) in [5.41, 5.74) is 1.37. The van der Waals surface area contributed by atoms with Gasteiger partial charge >= 0.3 is 0 Å². The summed E-state index contributed by atoms with van der Waals surface area (Å²) in [4.78, 5) is 30.5. The van der Waals surface area contributed by atoms with Crippen LogP contribution in [0.15, 0.2) is 23.6 Å². The molecule has 0 atom stereocenters. The van der Waals surface area contributed by atoms with E-state index in [9.17, 15) is 14.0 Å². The van der Waals surface area contributed by atoms with Crippen molar-refractivity contribution in [1.29, 1.82) is 0 Å². The maximum atomic E-state index is 14.5. The molecule has 2 aliphatic rings. The topological polar surface area (TPSA) is 93.0 Å². The maximum absolute atomic E-state index is 14.5. The molecule has 3 aromatic rings. The van der Waals surface area contributed by atoms with Gasteiger partial charge in [-0.15, -0.1) is 21.5 Å². The lowest BCUT2D eigenvalue weighted by atomic mass is 10.1. The van der Waals surface area contributed by atoms with Crippen LogP contribution in [-0.2, 0) is 29.0 Å². The molecule has 0 aliphatic carbocycles. The van der Waals surface area contributed by atoms with Crippen LogP contribution in [0.5, 0.6) is 0 Å². The predicted molar refractivity (Wildman–Crippen MR) is 119 cm³/mol. The molecule has 32 heavy (non-hydrogen) atoms. The van der Waals surface area contributed by atoms with E-state index in [1.807, 2.05) is 0 Å². The lowest BCUT2D eigenvalue weighted by molar-refractivity contribution is -0.117. The van der Waals surface area contributed by atoms with Crippen molar-refractivity contribution < 1.29 is 14.0 Å². The molecular formula is C22H23FN6O2S. The molecule has 5 rings (SSSR count). The Balaban J connectivity index is 1.31. The summed E-state index contributed by atoms with van der Waals surface area (Å²) in [7, 11) is 0. The zero-order valence-electron chi connectivity index (χ0n) is 17.5. The van der Waals surface area contributed by atoms with Gasteiger partial charge < -0.3 is 9.88 Å². The molecule has 0 spiro atoms. The highest BCUT2D eigenvalue weighted by Crippen LogP contribution is 2.28. The number of halogens is 1. The molecule has 1 saturated heterocycles. The van der Waals surface area contributed by atoms with Crippen LogP contribution in [0, 0.1) is 5.82 Å². The van der Waals surface area contributed by atoms with Crippen LogP contribution < -0.4 is 10.2 Å². The fraction of sp³-hybridized carbons (Fsp3) is 0.409. The highest BCUT2D eigenvalue weighted by molar-refractivity contribution is 7.14. The second-order valence-corrected chi connectivity index (χ2v) is 8.93. The number of rotatable bonds is 5. The normalized spacial score (nSPS) is 16.2. The molecule has 2 aliphatic heterocycles. The summed E-state index contributed by atoms with van der Waals surface area (Å²) >= 11 is 1.34. The largest absolute Gasteiger partial charge is 0.323 e. The van der Waals surface area contributed by atoms with Crippen molar-refractivity contribution >= 4 is 34.0 Å². The van der Waals surface area contributed by atoms with Gasteiger partial charge in [0.05, 0.1) is 17.8 Å². The minimum Gasteiger partial charge on any atom is -0.323 e. The Morgan fingerprint density at radius 1 is 1.12 bits per heavy atom. The third-order valence-corrected chi connectivity index (χ3v) is 6.71. The van der Waals surface area contributed by atoms with Crippen LogP contribution in [0.4, 0.5) is 15.2 Å². The Morgan fingerprint density at radius 3 is 2.88 bits per heavy atom. The van der Waals surface area contributed by atoms with Gasteiger partial charge in [-0.1, -0.05) is 6.42 Å². The molecule has 2 aromatic heterocycles. The van der Waals surface area contributed by atoms with E-state index in [4.69, 9.17) is 0 Å². The van der Waals surface area contributed by atoms with E-state index < -0.39 is 5.82 Å². The van der Waals surface area contributed by atoms with Crippen LogP contribution in [0.3, 0.4) is 0 Å². The van der Waals surface area contributed by atoms with Crippen molar-refractivity contribution in [1.82, 2.24) is 19.7 Å². The lowest BCUT2D eigenvalue weighted by Gasteiger charge is -2.11. The first-order valence-corrected chi connectivity index (χ1v) is 11.7. The zero-order chi connectivity index (χ0) is 22.1. The number of carbonyl (C=O) groups is 2. The summed E-state index contributed by atoms with van der Waals surface area (Å²) in [6, 6.07) is 4.60. The van der Waals surface area contributed by atoms with Gasteiger partial charge in [0, 0.05) is 36.9 Å². The number of hydrogen-bond donors (Lipinski definition) is 1. The molecule has 2 amide bonds. The van der Waals surface area contributed by atoms with Crippen LogP contribution in [0.2, 0.25) is 0 Å². The van der Waals surface area contributed by atoms with Gasteiger partial charge in [0.1, 0.15) is 11.6 Å². The monoisotopic (exact) mass is 454 g/mol. The van der Waals surface area contributed by atoms with E-state index in [-0.39, 0.29) is 23.9 Å². The zero-order valence-corrected chi connectivity index (χ0v) is 18.3. The summed E-state index contributed by atoms with van der Waals surface area (Å²) in [6.45, 7) is 1.49. The fourth-order valence-corrected chi connectivity index (χ4v) is 5.04. The Labute approximate surface area is 188 Å². The van der Waals surface area contributed by atoms with Gasteiger partial charge in [-0.2, -0.15) is 0 Å². The Hall–Kier alpha value is -3.14. The Kier molecular flexibility index (Phi) is 5.69. The third-order valence-electron chi connectivity index (χ3n) is 5.79. The number of carbonyl (C=O) groups excluding carboxylic acids is 2. The standard InChI is InChI=1S/C22H23FN6O2S/c23-16-8-7-14(21-27-26-18-5-2-1-3-9-28(18)21)11-17(16)25-19(30)12-15-13-32-22(24-15)29-10-4-6-20(29)31/h7-8,11,13H,1-6,9-10,12H2,(H,25,30). The van der Waals surface area contributed by atoms with Crippen molar-refractivity contribution in [2.75, 3.05) is 16.8 Å². The lowest BCUT2D eigenvalue weighted by Crippen LogP contribution is -2.23. The van der Waals surface area contributed by atoms with Crippen LogP contribution >= 0.6 is 11.3 Å². The molecule has 4 heterocycles. The molecule has 1 fully saturated rings. The first-order chi connectivity index (χ1) is 15.6. The SMILES string of the molecule is O=C(Cc1csc(N2CCCC2=O)n1)Nc1cc(-c2nnc3n2CCCCC3)ccc1F. The minimum absolute atomic E-state index is 0.00251. The van der Waals surface area contributed by atoms with E-state index >= 15 is 0 Å². The highest BCUT2D eigenvalue weighted by Gasteiger charge is 2.24. The van der Waals surface area contributed by atoms with Crippen molar-refractivity contribution in [3.05, 3.63) is 40.9 Å². The molecule has 0 radical (unpaired) electrons. The van der Waals surface area contributed by atoms with Crippen LogP contribution in [0.1, 0.15) is 43.6 Å². The molecule has 0 saturated carbocycles. The van der Waals surface area contributed by atoms with Gasteiger partial charge in [-0.05, 0) is 37.5 Å². The van der Waals surface area contributed by atoms with Gasteiger partial charge in [-0.3, -0.25) is 14.5 Å². The molecule has 0 unspecified atom stereocenters. The van der Waals surface area contributed by atoms with Crippen LogP contribution in [0.25, 0.3) is 11.4 Å². The number of nitrogens with one attached hydrogen (secondary N) is 1. The predicted octanol–water partition coefficient (Wildman–Crippen LogP) is 3.58. The number of aryl methyl sites for hydroxylation is 1. The van der Waals surface area contributed by atoms with Crippen molar-refractivity contribution in [3.63, 3.8) is 0 Å². The van der Waals surface area contributed by atoms with E-state index in [0.717, 1.165) is 44.5 Å². The van der Waals surface area contributed by atoms with Crippen molar-refractivity contribution in [2.45, 2.75) is 51.5 Å². The maximum Gasteiger partial charge on any atom is 0.230 e. The summed E-state index contributed by atoms with van der Waals surface area (Å²) < 4.78 is 16.5. The number of thiazole rings is 1. The number of hydrogen-bond acceptors (Lipinski definition) is 6. The number of amides is 2. The van der Waals surface area contributed by atoms with Crippen LogP contribution in [-0.4, -0.2) is 38.1 Å². The number of fused-ring (bicyclic) bond motifs is 1. The minimum atomic E-state index is -0.515. The Bertz CT molecular complexity index is 1170. The quantitative estimate of drug-likeness (QED) is 0.636. The van der Waals surface area contributed by atoms with Crippen molar-refractivity contribution in [2.24, 2.45) is 0 Å². The molecule has 166 valence electrons. The molecule has 0 bridgehead atoms. The average molecular weight is 455 g/mol. The third kappa shape index (κ3) is 4.14. The van der Waals surface area contributed by atoms with E-state index in [2.05, 4.69) is 25.1 Å². The van der Waals surface area contributed by atoms with E-state index in [1.54, 1.807) is 22.4 Å². The number of nitrogens with zero attached hydrogens (tertiary/aromatic N) is 5.